The first-order valence-corrected chi connectivity index (χ1v) is 18.8. The molecule has 252 valence electrons. The van der Waals surface area contributed by atoms with Gasteiger partial charge in [-0.1, -0.05) is 152 Å². The Labute approximate surface area is 314 Å². The van der Waals surface area contributed by atoms with E-state index in [0.29, 0.717) is 17.5 Å². The molecule has 5 heteroatoms. The van der Waals surface area contributed by atoms with Crippen molar-refractivity contribution in [1.29, 1.82) is 0 Å². The molecule has 0 saturated heterocycles. The zero-order valence-electron chi connectivity index (χ0n) is 28.9. The van der Waals surface area contributed by atoms with Gasteiger partial charge in [0.15, 0.2) is 17.5 Å². The van der Waals surface area contributed by atoms with Gasteiger partial charge in [0.1, 0.15) is 11.2 Å². The van der Waals surface area contributed by atoms with Crippen molar-refractivity contribution >= 4 is 64.2 Å². The highest BCUT2D eigenvalue weighted by molar-refractivity contribution is 7.26. The van der Waals surface area contributed by atoms with Crippen molar-refractivity contribution in [1.82, 2.24) is 15.0 Å². The van der Waals surface area contributed by atoms with Gasteiger partial charge in [0.05, 0.1) is 0 Å². The third-order valence-electron chi connectivity index (χ3n) is 10.3. The summed E-state index contributed by atoms with van der Waals surface area (Å²) in [7, 11) is 0. The summed E-state index contributed by atoms with van der Waals surface area (Å²) in [6.45, 7) is 0. The fraction of sp³-hybridized carbons (Fsp3) is 0. The van der Waals surface area contributed by atoms with E-state index in [1.54, 1.807) is 0 Å². The Kier molecular flexibility index (Phi) is 7.00. The van der Waals surface area contributed by atoms with Crippen molar-refractivity contribution in [3.63, 3.8) is 0 Å². The number of furan rings is 1. The van der Waals surface area contributed by atoms with Crippen LogP contribution in [0.3, 0.4) is 0 Å². The average Bonchev–Trinajstić information content (AvgIpc) is 3.82. The number of nitrogens with zero attached hydrogens (tertiary/aromatic N) is 3. The predicted octanol–water partition coefficient (Wildman–Crippen LogP) is 13.6. The minimum absolute atomic E-state index is 0.631. The van der Waals surface area contributed by atoms with E-state index < -0.39 is 0 Å². The van der Waals surface area contributed by atoms with Crippen LogP contribution in [0.2, 0.25) is 0 Å². The molecular weight excluding hydrogens is 679 g/mol. The summed E-state index contributed by atoms with van der Waals surface area (Å²) in [6.07, 6.45) is 0. The molecule has 3 heterocycles. The van der Waals surface area contributed by atoms with Crippen LogP contribution in [-0.4, -0.2) is 15.0 Å². The third kappa shape index (κ3) is 5.01. The quantitative estimate of drug-likeness (QED) is 0.179. The lowest BCUT2D eigenvalue weighted by molar-refractivity contribution is 0.670. The molecule has 8 aromatic carbocycles. The fourth-order valence-electron chi connectivity index (χ4n) is 7.71. The van der Waals surface area contributed by atoms with E-state index in [0.717, 1.165) is 60.7 Å². The summed E-state index contributed by atoms with van der Waals surface area (Å²) in [6, 6.07) is 61.5. The van der Waals surface area contributed by atoms with Gasteiger partial charge in [0, 0.05) is 58.8 Å². The van der Waals surface area contributed by atoms with Crippen LogP contribution in [0.5, 0.6) is 0 Å². The van der Waals surface area contributed by atoms with Crippen LogP contribution in [0, 0.1) is 0 Å². The van der Waals surface area contributed by atoms with Gasteiger partial charge in [0.2, 0.25) is 0 Å². The summed E-state index contributed by atoms with van der Waals surface area (Å²) in [5.74, 6) is 1.92. The zero-order chi connectivity index (χ0) is 35.6. The molecule has 0 aliphatic rings. The molecule has 0 atom stereocenters. The molecule has 0 unspecified atom stereocenters. The Hall–Kier alpha value is -6.95. The Balaban J connectivity index is 1.10. The minimum Gasteiger partial charge on any atom is -0.455 e. The van der Waals surface area contributed by atoms with Crippen molar-refractivity contribution in [3.05, 3.63) is 176 Å². The molecule has 0 bridgehead atoms. The number of aromatic nitrogens is 3. The molecule has 0 radical (unpaired) electrons. The lowest BCUT2D eigenvalue weighted by atomic mass is 9.93. The molecule has 0 aliphatic heterocycles. The molecule has 0 aliphatic carbocycles. The van der Waals surface area contributed by atoms with Gasteiger partial charge >= 0.3 is 0 Å². The van der Waals surface area contributed by atoms with Gasteiger partial charge in [-0.2, -0.15) is 0 Å². The first kappa shape index (κ1) is 30.7. The Morgan fingerprint density at radius 2 is 0.944 bits per heavy atom. The number of benzene rings is 8. The molecule has 54 heavy (non-hydrogen) atoms. The van der Waals surface area contributed by atoms with E-state index >= 15 is 0 Å². The van der Waals surface area contributed by atoms with E-state index in [1.165, 1.54) is 31.1 Å². The largest absolute Gasteiger partial charge is 0.455 e. The Morgan fingerprint density at radius 3 is 1.65 bits per heavy atom. The maximum atomic E-state index is 6.91. The van der Waals surface area contributed by atoms with E-state index in [1.807, 2.05) is 72.0 Å². The lowest BCUT2D eigenvalue weighted by Gasteiger charge is -2.11. The van der Waals surface area contributed by atoms with Crippen LogP contribution in [0.15, 0.2) is 180 Å². The fourth-order valence-corrected chi connectivity index (χ4v) is 8.94. The highest BCUT2D eigenvalue weighted by Crippen LogP contribution is 2.46. The zero-order valence-corrected chi connectivity index (χ0v) is 29.7. The summed E-state index contributed by atoms with van der Waals surface area (Å²) >= 11 is 1.84. The van der Waals surface area contributed by atoms with Crippen LogP contribution >= 0.6 is 11.3 Å². The number of hydrogen-bond donors (Lipinski definition) is 0. The molecular formula is C49H29N3OS. The monoisotopic (exact) mass is 707 g/mol. The van der Waals surface area contributed by atoms with Gasteiger partial charge in [-0.25, -0.2) is 15.0 Å². The van der Waals surface area contributed by atoms with Crippen LogP contribution < -0.4 is 0 Å². The molecule has 3 aromatic heterocycles. The number of fused-ring (bicyclic) bond motifs is 7. The van der Waals surface area contributed by atoms with Crippen LogP contribution in [0.1, 0.15) is 0 Å². The molecule has 0 saturated carbocycles. The molecule has 0 N–H and O–H groups in total. The second kappa shape index (κ2) is 12.3. The van der Waals surface area contributed by atoms with Crippen molar-refractivity contribution < 1.29 is 4.42 Å². The van der Waals surface area contributed by atoms with E-state index in [4.69, 9.17) is 19.4 Å². The topological polar surface area (TPSA) is 51.8 Å². The predicted molar refractivity (Wildman–Crippen MR) is 225 cm³/mol. The van der Waals surface area contributed by atoms with Crippen LogP contribution in [-0.2, 0) is 0 Å². The lowest BCUT2D eigenvalue weighted by Crippen LogP contribution is -2.00. The molecule has 11 rings (SSSR count). The highest BCUT2D eigenvalue weighted by atomic mass is 32.1. The van der Waals surface area contributed by atoms with Gasteiger partial charge in [0.25, 0.3) is 0 Å². The van der Waals surface area contributed by atoms with Crippen LogP contribution in [0.25, 0.3) is 109 Å². The van der Waals surface area contributed by atoms with Gasteiger partial charge < -0.3 is 4.42 Å². The van der Waals surface area contributed by atoms with E-state index in [-0.39, 0.29) is 0 Å². The Morgan fingerprint density at radius 1 is 0.389 bits per heavy atom. The Bertz CT molecular complexity index is 3140. The van der Waals surface area contributed by atoms with Crippen molar-refractivity contribution in [3.8, 4) is 56.4 Å². The smallest absolute Gasteiger partial charge is 0.164 e. The second-order valence-electron chi connectivity index (χ2n) is 13.6. The van der Waals surface area contributed by atoms with Gasteiger partial charge in [-0.05, 0) is 46.2 Å². The molecule has 0 amide bonds. The SMILES string of the molecule is c1ccc(-c2nc(-c3ccccc3)nc(-c3ccc(-c4ccc(-c5cccc6c5sc5ccccc56)c5oc6cc7ccccc7cc6c45)cc3)n2)cc1. The summed E-state index contributed by atoms with van der Waals surface area (Å²) < 4.78 is 9.47. The van der Waals surface area contributed by atoms with Crippen molar-refractivity contribution in [2.24, 2.45) is 0 Å². The minimum atomic E-state index is 0.631. The van der Waals surface area contributed by atoms with E-state index in [2.05, 4.69) is 115 Å². The third-order valence-corrected chi connectivity index (χ3v) is 11.6. The molecule has 11 aromatic rings. The summed E-state index contributed by atoms with van der Waals surface area (Å²) in [4.78, 5) is 14.8. The first-order valence-electron chi connectivity index (χ1n) is 18.0. The van der Waals surface area contributed by atoms with Gasteiger partial charge in [-0.3, -0.25) is 0 Å². The molecule has 0 fully saturated rings. The van der Waals surface area contributed by atoms with Crippen molar-refractivity contribution in [2.45, 2.75) is 0 Å². The molecule has 4 nitrogen and oxygen atoms in total. The van der Waals surface area contributed by atoms with Gasteiger partial charge in [-0.15, -0.1) is 11.3 Å². The molecule has 0 spiro atoms. The summed E-state index contributed by atoms with van der Waals surface area (Å²) in [5.41, 5.74) is 9.07. The maximum Gasteiger partial charge on any atom is 0.164 e. The number of thiophene rings is 1. The standard InChI is InChI=1S/C49H29N3OS/c1-3-12-31(13-4-1)47-50-48(32-14-5-2-6-15-32)52-49(51-47)33-24-22-30(23-25-33)36-26-27-38(40-20-11-19-39-37-18-9-10-21-43(37)54-46(39)40)45-44(36)41-28-34-16-7-8-17-35(34)29-42(41)53-45/h1-29H. The number of rotatable bonds is 5. The second-order valence-corrected chi connectivity index (χ2v) is 14.6. The van der Waals surface area contributed by atoms with Crippen molar-refractivity contribution in [2.75, 3.05) is 0 Å². The normalized spacial score (nSPS) is 11.7. The maximum absolute atomic E-state index is 6.91. The average molecular weight is 708 g/mol. The number of hydrogen-bond acceptors (Lipinski definition) is 5. The highest BCUT2D eigenvalue weighted by Gasteiger charge is 2.21. The van der Waals surface area contributed by atoms with E-state index in [9.17, 15) is 0 Å². The first-order chi connectivity index (χ1) is 26.7. The summed E-state index contributed by atoms with van der Waals surface area (Å²) in [5, 5.41) is 7.11. The van der Waals surface area contributed by atoms with Crippen LogP contribution in [0.4, 0.5) is 0 Å².